The summed E-state index contributed by atoms with van der Waals surface area (Å²) in [7, 11) is 0. The zero-order chi connectivity index (χ0) is 22.9. The smallest absolute Gasteiger partial charge is 0.185 e. The van der Waals surface area contributed by atoms with Gasteiger partial charge in [-0.1, -0.05) is 70.4 Å². The lowest BCUT2D eigenvalue weighted by Gasteiger charge is -2.28. The van der Waals surface area contributed by atoms with Crippen molar-refractivity contribution < 1.29 is 34.0 Å². The van der Waals surface area contributed by atoms with Crippen LogP contribution in [-0.4, -0.2) is 30.8 Å². The van der Waals surface area contributed by atoms with Gasteiger partial charge < -0.3 is 34.0 Å². The number of rotatable bonds is 12. The molecule has 178 valence electrons. The zero-order valence-corrected chi connectivity index (χ0v) is 18.8. The predicted molar refractivity (Wildman–Crippen MR) is 113 cm³/mol. The SMILES string of the molecule is CCCCCC1CCC(CCCOc2ccc(C3OC(C(=O)[O-])C(C(=O)[O-])O3)cc2)CC1. The molecule has 0 N–H and O–H groups in total. The molecule has 0 radical (unpaired) electrons. The van der Waals surface area contributed by atoms with E-state index in [0.29, 0.717) is 17.9 Å². The first-order valence-electron chi connectivity index (χ1n) is 11.9. The van der Waals surface area contributed by atoms with Gasteiger partial charge in [-0.2, -0.15) is 0 Å². The van der Waals surface area contributed by atoms with Crippen LogP contribution in [-0.2, 0) is 19.1 Å². The maximum absolute atomic E-state index is 11.1. The van der Waals surface area contributed by atoms with Crippen LogP contribution >= 0.6 is 0 Å². The number of hydrogen-bond acceptors (Lipinski definition) is 7. The van der Waals surface area contributed by atoms with Crippen LogP contribution in [0.3, 0.4) is 0 Å². The van der Waals surface area contributed by atoms with Gasteiger partial charge in [0.2, 0.25) is 0 Å². The number of carboxylic acids is 2. The van der Waals surface area contributed by atoms with Crippen molar-refractivity contribution in [3.05, 3.63) is 29.8 Å². The predicted octanol–water partition coefficient (Wildman–Crippen LogP) is 2.51. The van der Waals surface area contributed by atoms with E-state index in [-0.39, 0.29) is 0 Å². The third-order valence-corrected chi connectivity index (χ3v) is 6.64. The van der Waals surface area contributed by atoms with E-state index in [9.17, 15) is 19.8 Å². The van der Waals surface area contributed by atoms with Gasteiger partial charge in [0, 0.05) is 5.56 Å². The highest BCUT2D eigenvalue weighted by molar-refractivity contribution is 5.82. The lowest BCUT2D eigenvalue weighted by Crippen LogP contribution is -2.49. The van der Waals surface area contributed by atoms with E-state index >= 15 is 0 Å². The molecule has 2 fully saturated rings. The standard InChI is InChI=1S/C25H36O7/c1-2-3-4-6-17-8-10-18(11-9-17)7-5-16-30-20-14-12-19(13-15-20)25-31-21(23(26)27)22(32-25)24(28)29/h12-15,17-18,21-22,25H,2-11,16H2,1H3,(H,26,27)(H,28,29)/p-2. The maximum atomic E-state index is 11.1. The first-order chi connectivity index (χ1) is 15.5. The van der Waals surface area contributed by atoms with Crippen LogP contribution in [0, 0.1) is 11.8 Å². The number of ether oxygens (including phenoxy) is 3. The molecule has 1 heterocycles. The Balaban J connectivity index is 1.35. The van der Waals surface area contributed by atoms with E-state index in [1.807, 2.05) is 0 Å². The highest BCUT2D eigenvalue weighted by Crippen LogP contribution is 2.34. The van der Waals surface area contributed by atoms with Crippen LogP contribution in [0.2, 0.25) is 0 Å². The lowest BCUT2D eigenvalue weighted by atomic mass is 9.78. The van der Waals surface area contributed by atoms with Crippen LogP contribution in [0.15, 0.2) is 24.3 Å². The van der Waals surface area contributed by atoms with E-state index in [1.54, 1.807) is 24.3 Å². The molecule has 1 aliphatic carbocycles. The molecule has 0 spiro atoms. The molecule has 1 saturated heterocycles. The molecule has 2 aliphatic rings. The molecule has 0 amide bonds. The Morgan fingerprint density at radius 2 is 1.41 bits per heavy atom. The van der Waals surface area contributed by atoms with Crippen molar-refractivity contribution in [1.82, 2.24) is 0 Å². The third-order valence-electron chi connectivity index (χ3n) is 6.64. The van der Waals surface area contributed by atoms with E-state index < -0.39 is 30.4 Å². The Morgan fingerprint density at radius 3 is 1.91 bits per heavy atom. The Hall–Kier alpha value is -2.12. The monoisotopic (exact) mass is 446 g/mol. The molecule has 0 aromatic heterocycles. The van der Waals surface area contributed by atoms with Crippen molar-refractivity contribution in [2.24, 2.45) is 11.8 Å². The van der Waals surface area contributed by atoms with E-state index in [4.69, 9.17) is 14.2 Å². The molecule has 3 rings (SSSR count). The second-order valence-corrected chi connectivity index (χ2v) is 9.03. The summed E-state index contributed by atoms with van der Waals surface area (Å²) in [5.74, 6) is -0.851. The summed E-state index contributed by atoms with van der Waals surface area (Å²) in [6.45, 7) is 2.90. The minimum atomic E-state index is -1.70. The van der Waals surface area contributed by atoms with Gasteiger partial charge in [0.25, 0.3) is 0 Å². The Morgan fingerprint density at radius 1 is 0.875 bits per heavy atom. The number of aliphatic carboxylic acids is 2. The number of carbonyl (C=O) groups excluding carboxylic acids is 2. The molecule has 2 atom stereocenters. The molecule has 7 heteroatoms. The second kappa shape index (κ2) is 12.2. The normalized spacial score (nSPS) is 27.8. The quantitative estimate of drug-likeness (QED) is 0.454. The average molecular weight is 447 g/mol. The number of hydrogen-bond donors (Lipinski definition) is 0. The van der Waals surface area contributed by atoms with Crippen molar-refractivity contribution in [3.8, 4) is 5.75 Å². The summed E-state index contributed by atoms with van der Waals surface area (Å²) in [4.78, 5) is 22.1. The van der Waals surface area contributed by atoms with E-state index in [1.165, 1.54) is 57.8 Å². The van der Waals surface area contributed by atoms with Crippen LogP contribution < -0.4 is 14.9 Å². The number of carbonyl (C=O) groups is 2. The first-order valence-corrected chi connectivity index (χ1v) is 11.9. The molecule has 1 saturated carbocycles. The molecule has 1 aliphatic heterocycles. The van der Waals surface area contributed by atoms with Crippen molar-refractivity contribution in [2.45, 2.75) is 89.6 Å². The minimum absolute atomic E-state index is 0.503. The van der Waals surface area contributed by atoms with Crippen molar-refractivity contribution >= 4 is 11.9 Å². The summed E-state index contributed by atoms with van der Waals surface area (Å²) in [5.41, 5.74) is 0.503. The molecule has 1 aromatic rings. The molecule has 32 heavy (non-hydrogen) atoms. The molecular formula is C25H34O7-2. The fourth-order valence-electron chi connectivity index (χ4n) is 4.73. The van der Waals surface area contributed by atoms with Gasteiger partial charge in [0.1, 0.15) is 18.0 Å². The molecule has 0 bridgehead atoms. The molecular weight excluding hydrogens is 412 g/mol. The maximum Gasteiger partial charge on any atom is 0.185 e. The van der Waals surface area contributed by atoms with E-state index in [2.05, 4.69) is 6.92 Å². The van der Waals surface area contributed by atoms with Crippen molar-refractivity contribution in [1.29, 1.82) is 0 Å². The summed E-state index contributed by atoms with van der Waals surface area (Å²) in [6.07, 6.45) is 8.57. The lowest BCUT2D eigenvalue weighted by molar-refractivity contribution is -0.327. The first kappa shape index (κ1) is 24.5. The van der Waals surface area contributed by atoms with Crippen LogP contribution in [0.25, 0.3) is 0 Å². The number of unbranched alkanes of at least 4 members (excludes halogenated alkanes) is 2. The van der Waals surface area contributed by atoms with Gasteiger partial charge in [0.15, 0.2) is 6.29 Å². The Labute approximate surface area is 190 Å². The van der Waals surface area contributed by atoms with Gasteiger partial charge in [0.05, 0.1) is 18.5 Å². The number of benzene rings is 1. The van der Waals surface area contributed by atoms with Crippen LogP contribution in [0.5, 0.6) is 5.75 Å². The van der Waals surface area contributed by atoms with Gasteiger partial charge in [-0.25, -0.2) is 0 Å². The fraction of sp³-hybridized carbons (Fsp3) is 0.680. The molecule has 1 aromatic carbocycles. The Kier molecular flexibility index (Phi) is 9.36. The number of carboxylic acid groups (broad SMARTS) is 2. The van der Waals surface area contributed by atoms with Crippen molar-refractivity contribution in [2.75, 3.05) is 6.61 Å². The van der Waals surface area contributed by atoms with Crippen LogP contribution in [0.1, 0.15) is 83.0 Å². The van der Waals surface area contributed by atoms with E-state index in [0.717, 1.165) is 18.3 Å². The van der Waals surface area contributed by atoms with Gasteiger partial charge in [-0.05, 0) is 36.8 Å². The van der Waals surface area contributed by atoms with Crippen molar-refractivity contribution in [3.63, 3.8) is 0 Å². The summed E-state index contributed by atoms with van der Waals surface area (Å²) in [6, 6.07) is 6.82. The minimum Gasteiger partial charge on any atom is -0.547 e. The van der Waals surface area contributed by atoms with Gasteiger partial charge in [-0.3, -0.25) is 0 Å². The summed E-state index contributed by atoms with van der Waals surface area (Å²) in [5, 5.41) is 22.1. The zero-order valence-electron chi connectivity index (χ0n) is 18.8. The van der Waals surface area contributed by atoms with Crippen LogP contribution in [0.4, 0.5) is 0 Å². The average Bonchev–Trinajstić information content (AvgIpc) is 3.25. The second-order valence-electron chi connectivity index (χ2n) is 9.03. The topological polar surface area (TPSA) is 108 Å². The van der Waals surface area contributed by atoms with Gasteiger partial charge >= 0.3 is 0 Å². The van der Waals surface area contributed by atoms with Gasteiger partial charge in [-0.15, -0.1) is 0 Å². The summed E-state index contributed by atoms with van der Waals surface area (Å²) >= 11 is 0. The highest BCUT2D eigenvalue weighted by Gasteiger charge is 2.38. The fourth-order valence-corrected chi connectivity index (χ4v) is 4.73. The molecule has 2 unspecified atom stereocenters. The highest BCUT2D eigenvalue weighted by atomic mass is 16.7. The third kappa shape index (κ3) is 6.94. The summed E-state index contributed by atoms with van der Waals surface area (Å²) < 4.78 is 16.2. The Bertz CT molecular complexity index is 702. The largest absolute Gasteiger partial charge is 0.547 e. The molecule has 7 nitrogen and oxygen atoms in total.